The summed E-state index contributed by atoms with van der Waals surface area (Å²) in [6.45, 7) is 6.95. The lowest BCUT2D eigenvalue weighted by atomic mass is 9.66. The summed E-state index contributed by atoms with van der Waals surface area (Å²) in [4.78, 5) is 0. The Morgan fingerprint density at radius 3 is 2.95 bits per heavy atom. The van der Waals surface area contributed by atoms with Crippen molar-refractivity contribution in [1.82, 2.24) is 9.78 Å². The molecule has 5 heteroatoms. The third-order valence-electron chi connectivity index (χ3n) is 4.53. The van der Waals surface area contributed by atoms with E-state index in [1.807, 2.05) is 6.20 Å². The normalized spacial score (nSPS) is 25.9. The van der Waals surface area contributed by atoms with E-state index in [-0.39, 0.29) is 0 Å². The standard InChI is InChI=1S/C15H26BrN3O/c1-15(2)5-4-11(9-17)12(8-15)14-13(16)10-18-19(14)6-7-20-3/h10-12H,4-9,17H2,1-3H3. The fourth-order valence-corrected chi connectivity index (χ4v) is 3.93. The molecule has 2 unspecified atom stereocenters. The molecule has 0 amide bonds. The maximum absolute atomic E-state index is 6.02. The topological polar surface area (TPSA) is 53.1 Å². The van der Waals surface area contributed by atoms with Crippen LogP contribution in [0.25, 0.3) is 0 Å². The van der Waals surface area contributed by atoms with Crippen molar-refractivity contribution in [2.24, 2.45) is 17.1 Å². The Kier molecular flexibility index (Phi) is 5.26. The number of hydrogen-bond acceptors (Lipinski definition) is 3. The van der Waals surface area contributed by atoms with E-state index in [4.69, 9.17) is 10.5 Å². The van der Waals surface area contributed by atoms with Gasteiger partial charge >= 0.3 is 0 Å². The Morgan fingerprint density at radius 2 is 2.30 bits per heavy atom. The molecule has 1 aromatic rings. The average Bonchev–Trinajstić information content (AvgIpc) is 2.76. The highest BCUT2D eigenvalue weighted by Gasteiger charge is 2.37. The Balaban J connectivity index is 2.29. The minimum atomic E-state index is 0.381. The Morgan fingerprint density at radius 1 is 1.55 bits per heavy atom. The molecule has 0 aliphatic heterocycles. The molecule has 0 spiro atoms. The molecule has 4 nitrogen and oxygen atoms in total. The molecular formula is C15H26BrN3O. The van der Waals surface area contributed by atoms with Gasteiger partial charge in [0.25, 0.3) is 0 Å². The number of nitrogens with zero attached hydrogens (tertiary/aromatic N) is 2. The van der Waals surface area contributed by atoms with E-state index in [1.165, 1.54) is 25.0 Å². The molecule has 1 saturated carbocycles. The van der Waals surface area contributed by atoms with Crippen molar-refractivity contribution in [2.45, 2.75) is 45.6 Å². The third-order valence-corrected chi connectivity index (χ3v) is 5.14. The molecule has 1 heterocycles. The van der Waals surface area contributed by atoms with Crippen LogP contribution < -0.4 is 5.73 Å². The summed E-state index contributed by atoms with van der Waals surface area (Å²) >= 11 is 3.67. The van der Waals surface area contributed by atoms with Crippen LogP contribution in [0.3, 0.4) is 0 Å². The first-order valence-corrected chi connectivity index (χ1v) is 8.18. The van der Waals surface area contributed by atoms with Crippen molar-refractivity contribution in [3.63, 3.8) is 0 Å². The lowest BCUT2D eigenvalue weighted by Crippen LogP contribution is -2.34. The summed E-state index contributed by atoms with van der Waals surface area (Å²) in [5.74, 6) is 1.04. The molecule has 1 fully saturated rings. The molecule has 2 rings (SSSR count). The summed E-state index contributed by atoms with van der Waals surface area (Å²) < 4.78 is 8.38. The minimum Gasteiger partial charge on any atom is -0.383 e. The Labute approximate surface area is 130 Å². The van der Waals surface area contributed by atoms with Gasteiger partial charge in [0, 0.05) is 13.0 Å². The largest absolute Gasteiger partial charge is 0.383 e. The SMILES string of the molecule is COCCn1ncc(Br)c1C1CC(C)(C)CCC1CN. The molecule has 1 aromatic heterocycles. The van der Waals surface area contributed by atoms with Gasteiger partial charge in [-0.2, -0.15) is 5.10 Å². The predicted octanol–water partition coefficient (Wildman–Crippen LogP) is 3.16. The molecule has 2 atom stereocenters. The first-order valence-electron chi connectivity index (χ1n) is 7.38. The van der Waals surface area contributed by atoms with Crippen molar-refractivity contribution in [1.29, 1.82) is 0 Å². The first-order chi connectivity index (χ1) is 9.48. The summed E-state index contributed by atoms with van der Waals surface area (Å²) in [6, 6.07) is 0. The Bertz CT molecular complexity index is 444. The van der Waals surface area contributed by atoms with Gasteiger partial charge in [0.05, 0.1) is 29.5 Å². The quantitative estimate of drug-likeness (QED) is 0.893. The van der Waals surface area contributed by atoms with Crippen LogP contribution in [-0.2, 0) is 11.3 Å². The van der Waals surface area contributed by atoms with Gasteiger partial charge in [-0.3, -0.25) is 4.68 Å². The number of methoxy groups -OCH3 is 1. The molecule has 1 aliphatic carbocycles. The van der Waals surface area contributed by atoms with Gasteiger partial charge < -0.3 is 10.5 Å². The van der Waals surface area contributed by atoms with E-state index in [9.17, 15) is 0 Å². The smallest absolute Gasteiger partial charge is 0.0658 e. The second kappa shape index (κ2) is 6.58. The van der Waals surface area contributed by atoms with Crippen LogP contribution >= 0.6 is 15.9 Å². The maximum atomic E-state index is 6.02. The third kappa shape index (κ3) is 3.43. The summed E-state index contributed by atoms with van der Waals surface area (Å²) in [7, 11) is 1.73. The molecule has 2 N–H and O–H groups in total. The molecule has 0 radical (unpaired) electrons. The zero-order valence-corrected chi connectivity index (χ0v) is 14.3. The van der Waals surface area contributed by atoms with Gasteiger partial charge in [-0.15, -0.1) is 0 Å². The van der Waals surface area contributed by atoms with Crippen molar-refractivity contribution in [2.75, 3.05) is 20.3 Å². The van der Waals surface area contributed by atoms with Crippen LogP contribution in [0.4, 0.5) is 0 Å². The van der Waals surface area contributed by atoms with Crippen molar-refractivity contribution >= 4 is 15.9 Å². The van der Waals surface area contributed by atoms with Crippen LogP contribution in [0, 0.1) is 11.3 Å². The molecule has 114 valence electrons. The van der Waals surface area contributed by atoms with Crippen LogP contribution in [0.15, 0.2) is 10.7 Å². The van der Waals surface area contributed by atoms with E-state index >= 15 is 0 Å². The highest BCUT2D eigenvalue weighted by molar-refractivity contribution is 9.10. The van der Waals surface area contributed by atoms with Crippen LogP contribution in [-0.4, -0.2) is 30.0 Å². The monoisotopic (exact) mass is 343 g/mol. The minimum absolute atomic E-state index is 0.381. The summed E-state index contributed by atoms with van der Waals surface area (Å²) in [5.41, 5.74) is 7.70. The number of halogens is 1. The number of nitrogens with two attached hydrogens (primary N) is 1. The van der Waals surface area contributed by atoms with Crippen molar-refractivity contribution < 1.29 is 4.74 Å². The van der Waals surface area contributed by atoms with Gasteiger partial charge in [0.15, 0.2) is 0 Å². The second-order valence-corrected chi connectivity index (χ2v) is 7.46. The van der Waals surface area contributed by atoms with Crippen LogP contribution in [0.2, 0.25) is 0 Å². The van der Waals surface area contributed by atoms with Gasteiger partial charge in [-0.1, -0.05) is 13.8 Å². The van der Waals surface area contributed by atoms with Crippen LogP contribution in [0.1, 0.15) is 44.7 Å². The lowest BCUT2D eigenvalue weighted by Gasteiger charge is -2.40. The molecule has 0 saturated heterocycles. The molecule has 1 aliphatic rings. The van der Waals surface area contributed by atoms with Gasteiger partial charge in [-0.25, -0.2) is 0 Å². The van der Waals surface area contributed by atoms with Gasteiger partial charge in [0.2, 0.25) is 0 Å². The number of rotatable bonds is 5. The number of hydrogen-bond donors (Lipinski definition) is 1. The number of ether oxygens (including phenoxy) is 1. The van der Waals surface area contributed by atoms with E-state index in [2.05, 4.69) is 39.6 Å². The second-order valence-electron chi connectivity index (χ2n) is 6.60. The van der Waals surface area contributed by atoms with Gasteiger partial charge in [-0.05, 0) is 53.1 Å². The van der Waals surface area contributed by atoms with Crippen LogP contribution in [0.5, 0.6) is 0 Å². The summed E-state index contributed by atoms with van der Waals surface area (Å²) in [5, 5.41) is 4.49. The fourth-order valence-electron chi connectivity index (χ4n) is 3.34. The van der Waals surface area contributed by atoms with Gasteiger partial charge in [0.1, 0.15) is 0 Å². The first kappa shape index (κ1) is 16.0. The zero-order valence-electron chi connectivity index (χ0n) is 12.7. The van der Waals surface area contributed by atoms with E-state index < -0.39 is 0 Å². The van der Waals surface area contributed by atoms with E-state index in [0.717, 1.165) is 17.6 Å². The highest BCUT2D eigenvalue weighted by atomic mass is 79.9. The highest BCUT2D eigenvalue weighted by Crippen LogP contribution is 2.47. The van der Waals surface area contributed by atoms with Crippen molar-refractivity contribution in [3.05, 3.63) is 16.4 Å². The van der Waals surface area contributed by atoms with E-state index in [0.29, 0.717) is 23.9 Å². The molecule has 0 bridgehead atoms. The lowest BCUT2D eigenvalue weighted by molar-refractivity contribution is 0.153. The molecular weight excluding hydrogens is 318 g/mol. The molecule has 0 aromatic carbocycles. The zero-order chi connectivity index (χ0) is 14.8. The average molecular weight is 344 g/mol. The van der Waals surface area contributed by atoms with Crippen molar-refractivity contribution in [3.8, 4) is 0 Å². The fraction of sp³-hybridized carbons (Fsp3) is 0.800. The maximum Gasteiger partial charge on any atom is 0.0658 e. The van der Waals surface area contributed by atoms with E-state index in [1.54, 1.807) is 7.11 Å². The number of aromatic nitrogens is 2. The molecule has 20 heavy (non-hydrogen) atoms. The summed E-state index contributed by atoms with van der Waals surface area (Å²) in [6.07, 6.45) is 5.54. The Hall–Kier alpha value is -0.390. The predicted molar refractivity (Wildman–Crippen MR) is 84.7 cm³/mol.